The highest BCUT2D eigenvalue weighted by atomic mass is 16.1. The van der Waals surface area contributed by atoms with Gasteiger partial charge >= 0.3 is 0 Å². The van der Waals surface area contributed by atoms with Crippen LogP contribution >= 0.6 is 0 Å². The number of Topliss-reactive ketones (excluding diaryl/α,β-unsaturated/α-hetero) is 1. The number of rotatable bonds is 9. The van der Waals surface area contributed by atoms with Gasteiger partial charge in [0.25, 0.3) is 0 Å². The summed E-state index contributed by atoms with van der Waals surface area (Å²) >= 11 is 0. The summed E-state index contributed by atoms with van der Waals surface area (Å²) in [6.07, 6.45) is 20.1. The number of allylic oxidation sites excluding steroid dienone is 6. The molecule has 3 aromatic rings. The van der Waals surface area contributed by atoms with E-state index in [1.165, 1.54) is 64.8 Å². The van der Waals surface area contributed by atoms with Crippen LogP contribution in [0, 0.1) is 5.41 Å². The molecule has 0 radical (unpaired) electrons. The van der Waals surface area contributed by atoms with Crippen molar-refractivity contribution < 1.29 is 9.37 Å². The molecule has 2 heterocycles. The van der Waals surface area contributed by atoms with Crippen LogP contribution in [0.2, 0.25) is 0 Å². The van der Waals surface area contributed by atoms with E-state index in [4.69, 9.17) is 0 Å². The van der Waals surface area contributed by atoms with Gasteiger partial charge in [-0.05, 0) is 98.0 Å². The Hall–Kier alpha value is -3.72. The van der Waals surface area contributed by atoms with Crippen molar-refractivity contribution in [1.82, 2.24) is 0 Å². The monoisotopic (exact) mass is 627 g/mol. The Morgan fingerprint density at radius 3 is 2.40 bits per heavy atom. The molecule has 0 bridgehead atoms. The summed E-state index contributed by atoms with van der Waals surface area (Å²) in [5.74, 6) is 0.373. The Morgan fingerprint density at radius 2 is 1.62 bits per heavy atom. The van der Waals surface area contributed by atoms with Crippen molar-refractivity contribution in [2.75, 3.05) is 18.5 Å². The van der Waals surface area contributed by atoms with Crippen molar-refractivity contribution in [3.8, 4) is 0 Å². The quantitative estimate of drug-likeness (QED) is 0.134. The Balaban J connectivity index is 1.24. The number of hydrogen-bond donors (Lipinski definition) is 0. The zero-order chi connectivity index (χ0) is 33.6. The molecule has 0 saturated carbocycles. The zero-order valence-corrected chi connectivity index (χ0v) is 30.2. The molecule has 1 aliphatic carbocycles. The largest absolute Gasteiger partial charge is 0.344 e. The molecule has 3 aliphatic rings. The number of carbonyl (C=O) groups is 1. The molecule has 47 heavy (non-hydrogen) atoms. The fourth-order valence-corrected chi connectivity index (χ4v) is 8.53. The van der Waals surface area contributed by atoms with Crippen molar-refractivity contribution in [1.29, 1.82) is 0 Å². The summed E-state index contributed by atoms with van der Waals surface area (Å²) in [4.78, 5) is 15.1. The third kappa shape index (κ3) is 6.07. The maximum absolute atomic E-state index is 12.5. The first kappa shape index (κ1) is 33.2. The Bertz CT molecular complexity index is 1820. The van der Waals surface area contributed by atoms with Gasteiger partial charge < -0.3 is 4.90 Å². The van der Waals surface area contributed by atoms with Gasteiger partial charge in [-0.25, -0.2) is 0 Å². The van der Waals surface area contributed by atoms with Crippen LogP contribution in [0.15, 0.2) is 84.6 Å². The van der Waals surface area contributed by atoms with Gasteiger partial charge in [-0.2, -0.15) is 4.58 Å². The van der Waals surface area contributed by atoms with Crippen LogP contribution in [0.25, 0.3) is 10.8 Å². The predicted molar refractivity (Wildman–Crippen MR) is 201 cm³/mol. The number of aryl methyl sites for hydroxylation is 1. The normalized spacial score (nSPS) is 19.3. The summed E-state index contributed by atoms with van der Waals surface area (Å²) in [5.41, 5.74) is 11.1. The van der Waals surface area contributed by atoms with E-state index in [0.29, 0.717) is 12.2 Å². The van der Waals surface area contributed by atoms with Crippen LogP contribution in [0.1, 0.15) is 109 Å². The lowest BCUT2D eigenvalue weighted by Crippen LogP contribution is -2.27. The molecular weight excluding hydrogens is 572 g/mol. The van der Waals surface area contributed by atoms with Gasteiger partial charge in [-0.1, -0.05) is 89.6 Å². The molecule has 3 nitrogen and oxygen atoms in total. The molecule has 0 N–H and O–H groups in total. The molecule has 0 aromatic heterocycles. The molecule has 246 valence electrons. The second kappa shape index (κ2) is 12.7. The number of benzene rings is 3. The summed E-state index contributed by atoms with van der Waals surface area (Å²) in [6, 6.07) is 18.1. The van der Waals surface area contributed by atoms with Crippen molar-refractivity contribution in [3.63, 3.8) is 0 Å². The maximum atomic E-state index is 12.5. The van der Waals surface area contributed by atoms with Gasteiger partial charge in [0.2, 0.25) is 5.69 Å². The first-order valence-electron chi connectivity index (χ1n) is 18.0. The van der Waals surface area contributed by atoms with Gasteiger partial charge in [-0.3, -0.25) is 4.79 Å². The second-order valence-electron chi connectivity index (χ2n) is 16.1. The van der Waals surface area contributed by atoms with Gasteiger partial charge in [0.05, 0.1) is 5.41 Å². The number of anilines is 1. The topological polar surface area (TPSA) is 23.3 Å². The van der Waals surface area contributed by atoms with E-state index in [2.05, 4.69) is 123 Å². The Labute approximate surface area is 283 Å². The lowest BCUT2D eigenvalue weighted by Gasteiger charge is -2.28. The summed E-state index contributed by atoms with van der Waals surface area (Å²) in [5, 5.41) is 2.64. The number of nitrogens with zero attached hydrogens (tertiary/aromatic N) is 2. The van der Waals surface area contributed by atoms with E-state index in [-0.39, 0.29) is 16.2 Å². The van der Waals surface area contributed by atoms with Gasteiger partial charge in [-0.15, -0.1) is 0 Å². The second-order valence-corrected chi connectivity index (χ2v) is 16.1. The SMILES string of the molecule is C[N+]1=C(/C=C/C=C/C=C2/N(CCCCCC(=O)C(C)(C)C)c3ccc4c(c3C2(C)C)CCCC4)C(C)(C)c2c1ccc1ccccc21. The first-order chi connectivity index (χ1) is 22.3. The molecule has 6 rings (SSSR count). The van der Waals surface area contributed by atoms with Crippen LogP contribution in [-0.2, 0) is 28.5 Å². The van der Waals surface area contributed by atoms with E-state index in [1.54, 1.807) is 16.7 Å². The average Bonchev–Trinajstić information content (AvgIpc) is 3.38. The fourth-order valence-electron chi connectivity index (χ4n) is 8.53. The molecule has 0 saturated heterocycles. The van der Waals surface area contributed by atoms with Crippen LogP contribution in [0.5, 0.6) is 0 Å². The molecule has 0 unspecified atom stereocenters. The van der Waals surface area contributed by atoms with E-state index >= 15 is 0 Å². The highest BCUT2D eigenvalue weighted by molar-refractivity contribution is 6.07. The van der Waals surface area contributed by atoms with Crippen LogP contribution in [0.3, 0.4) is 0 Å². The summed E-state index contributed by atoms with van der Waals surface area (Å²) < 4.78 is 2.36. The maximum Gasteiger partial charge on any atom is 0.210 e. The fraction of sp³-hybridized carbons (Fsp3) is 0.455. The molecule has 0 fully saturated rings. The Kier molecular flexibility index (Phi) is 8.98. The molecule has 0 atom stereocenters. The van der Waals surface area contributed by atoms with Crippen molar-refractivity contribution >= 4 is 33.6 Å². The van der Waals surface area contributed by atoms with Crippen LogP contribution in [-0.4, -0.2) is 29.7 Å². The minimum absolute atomic E-state index is 0.0562. The first-order valence-corrected chi connectivity index (χ1v) is 18.0. The highest BCUT2D eigenvalue weighted by Gasteiger charge is 2.44. The third-order valence-electron chi connectivity index (χ3n) is 11.1. The summed E-state index contributed by atoms with van der Waals surface area (Å²) in [7, 11) is 2.20. The van der Waals surface area contributed by atoms with E-state index in [0.717, 1.165) is 25.8 Å². The molecule has 0 amide bonds. The van der Waals surface area contributed by atoms with E-state index in [9.17, 15) is 4.79 Å². The van der Waals surface area contributed by atoms with Crippen molar-refractivity contribution in [2.24, 2.45) is 5.41 Å². The number of ketones is 1. The average molecular weight is 628 g/mol. The van der Waals surface area contributed by atoms with Crippen molar-refractivity contribution in [2.45, 2.75) is 111 Å². The standard InChI is InChI=1S/C44H55N2O/c1-42(2,3)39(47)25-13-10-18-30-46-36-29-27-32-20-15-17-22-34(32)41(36)44(6,7)38(46)24-12-9-11-23-37-43(4,5)40-33-21-16-14-19-31(33)26-28-35(40)45(37)8/h9,11-12,14,16,19,21,23-24,26-29H,10,13,15,17-18,20,22,25,30H2,1-8H3/q+1. The smallest absolute Gasteiger partial charge is 0.210 e. The lowest BCUT2D eigenvalue weighted by molar-refractivity contribution is -0.401. The number of fused-ring (bicyclic) bond motifs is 6. The zero-order valence-electron chi connectivity index (χ0n) is 30.2. The third-order valence-corrected chi connectivity index (χ3v) is 11.1. The Morgan fingerprint density at radius 1 is 0.851 bits per heavy atom. The van der Waals surface area contributed by atoms with Gasteiger partial charge in [0.15, 0.2) is 5.71 Å². The number of hydrogen-bond acceptors (Lipinski definition) is 2. The lowest BCUT2D eigenvalue weighted by atomic mass is 9.76. The number of unbranched alkanes of at least 4 members (excludes halogenated alkanes) is 2. The van der Waals surface area contributed by atoms with Gasteiger partial charge in [0.1, 0.15) is 12.8 Å². The number of carbonyl (C=O) groups excluding carboxylic acids is 1. The van der Waals surface area contributed by atoms with Gasteiger partial charge in [0, 0.05) is 52.9 Å². The van der Waals surface area contributed by atoms with E-state index < -0.39 is 0 Å². The van der Waals surface area contributed by atoms with Crippen molar-refractivity contribution in [3.05, 3.63) is 107 Å². The summed E-state index contributed by atoms with van der Waals surface area (Å²) in [6.45, 7) is 16.6. The highest BCUT2D eigenvalue weighted by Crippen LogP contribution is 2.51. The van der Waals surface area contributed by atoms with E-state index in [1.807, 2.05) is 20.8 Å². The molecule has 3 heteroatoms. The molecule has 0 spiro atoms. The minimum Gasteiger partial charge on any atom is -0.344 e. The molecule has 2 aliphatic heterocycles. The predicted octanol–water partition coefficient (Wildman–Crippen LogP) is 10.7. The molecular formula is C44H55N2O+. The van der Waals surface area contributed by atoms with Crippen LogP contribution < -0.4 is 4.90 Å². The van der Waals surface area contributed by atoms with Crippen LogP contribution in [0.4, 0.5) is 11.4 Å². The minimum atomic E-state index is -0.243. The molecule has 3 aromatic carbocycles.